The normalized spacial score (nSPS) is 15.1. The third-order valence-corrected chi connectivity index (χ3v) is 7.27. The number of nitrogens with zero attached hydrogens (tertiary/aromatic N) is 3. The maximum atomic E-state index is 13.3. The lowest BCUT2D eigenvalue weighted by Crippen LogP contribution is -2.27. The van der Waals surface area contributed by atoms with Gasteiger partial charge in [0, 0.05) is 51.5 Å². The molecular formula is C30H25Cl2N3O3. The Hall–Kier alpha value is -3.74. The first kappa shape index (κ1) is 25.9. The van der Waals surface area contributed by atoms with E-state index < -0.39 is 12.0 Å². The molecule has 0 radical (unpaired) electrons. The van der Waals surface area contributed by atoms with Crippen molar-refractivity contribution in [3.63, 3.8) is 0 Å². The van der Waals surface area contributed by atoms with Gasteiger partial charge < -0.3 is 5.11 Å². The molecule has 0 bridgehead atoms. The zero-order valence-electron chi connectivity index (χ0n) is 20.7. The van der Waals surface area contributed by atoms with Crippen molar-refractivity contribution in [1.82, 2.24) is 9.99 Å². The number of aromatic nitrogens is 1. The maximum Gasteiger partial charge on any atom is 0.303 e. The maximum absolute atomic E-state index is 13.3. The molecule has 4 aromatic rings. The molecule has 1 amide bonds. The molecule has 5 rings (SSSR count). The van der Waals surface area contributed by atoms with Gasteiger partial charge in [-0.1, -0.05) is 71.7 Å². The Labute approximate surface area is 230 Å². The van der Waals surface area contributed by atoms with Crippen LogP contribution in [0.3, 0.4) is 0 Å². The van der Waals surface area contributed by atoms with Gasteiger partial charge in [0.15, 0.2) is 0 Å². The minimum atomic E-state index is -0.935. The molecule has 1 aromatic heterocycles. The summed E-state index contributed by atoms with van der Waals surface area (Å²) in [5.41, 5.74) is 5.90. The molecule has 1 aliphatic rings. The van der Waals surface area contributed by atoms with Crippen LogP contribution in [0.4, 0.5) is 0 Å². The third kappa shape index (κ3) is 5.15. The first-order valence-corrected chi connectivity index (χ1v) is 13.1. The summed E-state index contributed by atoms with van der Waals surface area (Å²) in [6.45, 7) is 1.94. The number of rotatable bonds is 7. The summed E-state index contributed by atoms with van der Waals surface area (Å²) in [5, 5.41) is 17.4. The zero-order valence-corrected chi connectivity index (χ0v) is 22.2. The van der Waals surface area contributed by atoms with Crippen LogP contribution < -0.4 is 0 Å². The molecule has 0 saturated heterocycles. The molecule has 1 unspecified atom stereocenters. The number of halogens is 2. The van der Waals surface area contributed by atoms with Crippen molar-refractivity contribution >= 4 is 51.7 Å². The second kappa shape index (κ2) is 10.9. The van der Waals surface area contributed by atoms with E-state index in [0.29, 0.717) is 22.2 Å². The van der Waals surface area contributed by atoms with E-state index in [1.54, 1.807) is 6.07 Å². The zero-order chi connectivity index (χ0) is 26.8. The number of amides is 1. The molecule has 2 heterocycles. The fourth-order valence-corrected chi connectivity index (χ4v) is 5.43. The van der Waals surface area contributed by atoms with E-state index in [4.69, 9.17) is 38.4 Å². The van der Waals surface area contributed by atoms with Crippen molar-refractivity contribution in [3.05, 3.63) is 99.7 Å². The molecule has 0 spiro atoms. The number of carbonyl (C=O) groups excluding carboxylic acids is 1. The van der Waals surface area contributed by atoms with Gasteiger partial charge in [0.1, 0.15) is 0 Å². The number of hydrogen-bond acceptors (Lipinski definition) is 4. The number of fused-ring (bicyclic) bond motifs is 1. The number of hydrogen-bond donors (Lipinski definition) is 1. The molecule has 3 aromatic carbocycles. The Morgan fingerprint density at radius 2 is 1.71 bits per heavy atom. The fraction of sp³-hybridized carbons (Fsp3) is 0.200. The van der Waals surface area contributed by atoms with Crippen molar-refractivity contribution in [3.8, 4) is 11.1 Å². The smallest absolute Gasteiger partial charge is 0.303 e. The van der Waals surface area contributed by atoms with E-state index >= 15 is 0 Å². The number of carbonyl (C=O) groups is 2. The number of pyridine rings is 1. The van der Waals surface area contributed by atoms with Gasteiger partial charge in [-0.2, -0.15) is 5.10 Å². The molecule has 6 nitrogen and oxygen atoms in total. The summed E-state index contributed by atoms with van der Waals surface area (Å²) < 4.78 is 0. The van der Waals surface area contributed by atoms with Gasteiger partial charge in [-0.15, -0.1) is 0 Å². The Balaban J connectivity index is 1.67. The minimum Gasteiger partial charge on any atom is -0.481 e. The highest BCUT2D eigenvalue weighted by Crippen LogP contribution is 2.41. The first-order valence-electron chi connectivity index (χ1n) is 12.3. The van der Waals surface area contributed by atoms with E-state index in [-0.39, 0.29) is 25.2 Å². The summed E-state index contributed by atoms with van der Waals surface area (Å²) in [5.74, 6) is -1.18. The largest absolute Gasteiger partial charge is 0.481 e. The number of carboxylic acids is 1. The number of carboxylic acid groups (broad SMARTS) is 1. The lowest BCUT2D eigenvalue weighted by atomic mass is 9.89. The van der Waals surface area contributed by atoms with Crippen molar-refractivity contribution in [2.45, 2.75) is 38.6 Å². The van der Waals surface area contributed by atoms with E-state index in [9.17, 15) is 9.59 Å². The lowest BCUT2D eigenvalue weighted by Gasteiger charge is -2.23. The van der Waals surface area contributed by atoms with Crippen molar-refractivity contribution in [2.24, 2.45) is 5.10 Å². The Bertz CT molecular complexity index is 1570. The highest BCUT2D eigenvalue weighted by molar-refractivity contribution is 6.32. The van der Waals surface area contributed by atoms with Crippen molar-refractivity contribution < 1.29 is 14.7 Å². The Morgan fingerprint density at radius 1 is 0.974 bits per heavy atom. The van der Waals surface area contributed by atoms with Gasteiger partial charge in [0.2, 0.25) is 5.91 Å². The summed E-state index contributed by atoms with van der Waals surface area (Å²) in [6.07, 6.45) is 0.650. The number of hydrazone groups is 1. The average Bonchev–Trinajstić information content (AvgIpc) is 3.33. The second-order valence-electron chi connectivity index (χ2n) is 9.25. The summed E-state index contributed by atoms with van der Waals surface area (Å²) >= 11 is 13.0. The summed E-state index contributed by atoms with van der Waals surface area (Å²) in [6, 6.07) is 22.6. The third-order valence-electron chi connectivity index (χ3n) is 6.69. The fourth-order valence-electron chi connectivity index (χ4n) is 5.00. The molecule has 0 fully saturated rings. The number of aryl methyl sites for hydroxylation is 1. The van der Waals surface area contributed by atoms with E-state index in [0.717, 1.165) is 38.9 Å². The standard InChI is InChI=1S/C30H25Cl2N3O3/c1-18-29(30(19-8-3-2-4-9-19)22-16-20(31)14-15-24(22)33-18)25-17-26(21-10-5-6-11-23(21)32)35(34-25)27(36)12-7-13-28(37)38/h2-6,8-11,14-16,26H,7,12-13,17H2,1H3,(H,37,38). The lowest BCUT2D eigenvalue weighted by molar-refractivity contribution is -0.137. The van der Waals surface area contributed by atoms with Gasteiger partial charge in [-0.25, -0.2) is 5.01 Å². The summed E-state index contributed by atoms with van der Waals surface area (Å²) in [4.78, 5) is 29.2. The van der Waals surface area contributed by atoms with Crippen LogP contribution in [0.2, 0.25) is 10.0 Å². The molecular weight excluding hydrogens is 521 g/mol. The molecule has 1 atom stereocenters. The van der Waals surface area contributed by atoms with Gasteiger partial charge in [0.05, 0.1) is 17.3 Å². The van der Waals surface area contributed by atoms with Crippen molar-refractivity contribution in [2.75, 3.05) is 0 Å². The molecule has 8 heteroatoms. The van der Waals surface area contributed by atoms with Gasteiger partial charge in [-0.05, 0) is 48.7 Å². The first-order chi connectivity index (χ1) is 18.3. The van der Waals surface area contributed by atoms with Gasteiger partial charge in [-0.3, -0.25) is 14.6 Å². The van der Waals surface area contributed by atoms with Gasteiger partial charge >= 0.3 is 5.97 Å². The average molecular weight is 546 g/mol. The molecule has 0 aliphatic carbocycles. The number of aliphatic carboxylic acids is 1. The van der Waals surface area contributed by atoms with E-state index in [1.807, 2.05) is 73.7 Å². The second-order valence-corrected chi connectivity index (χ2v) is 10.1. The predicted molar refractivity (Wildman–Crippen MR) is 151 cm³/mol. The van der Waals surface area contributed by atoms with Crippen LogP contribution in [0.5, 0.6) is 0 Å². The molecule has 0 saturated carbocycles. The van der Waals surface area contributed by atoms with Crippen LogP contribution in [-0.4, -0.2) is 32.7 Å². The van der Waals surface area contributed by atoms with Crippen LogP contribution in [0.15, 0.2) is 77.9 Å². The van der Waals surface area contributed by atoms with Gasteiger partial charge in [0.25, 0.3) is 0 Å². The van der Waals surface area contributed by atoms with Crippen molar-refractivity contribution in [1.29, 1.82) is 0 Å². The highest BCUT2D eigenvalue weighted by atomic mass is 35.5. The van der Waals surface area contributed by atoms with Crippen LogP contribution in [0.25, 0.3) is 22.0 Å². The topological polar surface area (TPSA) is 82.9 Å². The monoisotopic (exact) mass is 545 g/mol. The Morgan fingerprint density at radius 3 is 2.45 bits per heavy atom. The SMILES string of the molecule is Cc1nc2ccc(Cl)cc2c(-c2ccccc2)c1C1=NN(C(=O)CCCC(=O)O)C(c2ccccc2Cl)C1. The molecule has 1 aliphatic heterocycles. The van der Waals surface area contributed by atoms with Crippen LogP contribution in [0.1, 0.15) is 48.5 Å². The number of benzene rings is 3. The molecule has 1 N–H and O–H groups in total. The molecule has 192 valence electrons. The van der Waals surface area contributed by atoms with E-state index in [2.05, 4.69) is 0 Å². The highest BCUT2D eigenvalue weighted by Gasteiger charge is 2.36. The molecule has 38 heavy (non-hydrogen) atoms. The summed E-state index contributed by atoms with van der Waals surface area (Å²) in [7, 11) is 0. The van der Waals surface area contributed by atoms with E-state index in [1.165, 1.54) is 5.01 Å². The quantitative estimate of drug-likeness (QED) is 0.261. The van der Waals surface area contributed by atoms with Crippen LogP contribution in [-0.2, 0) is 9.59 Å². The van der Waals surface area contributed by atoms with Crippen LogP contribution in [0, 0.1) is 6.92 Å². The predicted octanol–water partition coefficient (Wildman–Crippen LogP) is 7.45. The van der Waals surface area contributed by atoms with Crippen LogP contribution >= 0.6 is 23.2 Å². The Kier molecular flexibility index (Phi) is 7.45. The minimum absolute atomic E-state index is 0.0696.